The lowest BCUT2D eigenvalue weighted by molar-refractivity contribution is -0.129. The lowest BCUT2D eigenvalue weighted by Crippen LogP contribution is -2.38. The van der Waals surface area contributed by atoms with Crippen LogP contribution in [0.2, 0.25) is 0 Å². The molecule has 0 aliphatic heterocycles. The van der Waals surface area contributed by atoms with Crippen LogP contribution >= 0.6 is 0 Å². The van der Waals surface area contributed by atoms with Gasteiger partial charge in [-0.3, -0.25) is 0 Å². The van der Waals surface area contributed by atoms with Crippen molar-refractivity contribution in [3.05, 3.63) is 35.9 Å². The van der Waals surface area contributed by atoms with E-state index in [-0.39, 0.29) is 11.7 Å². The van der Waals surface area contributed by atoms with Gasteiger partial charge in [-0.1, -0.05) is 30.3 Å². The second kappa shape index (κ2) is 5.10. The summed E-state index contributed by atoms with van der Waals surface area (Å²) in [6.07, 6.45) is 1.57. The Labute approximate surface area is 99.8 Å². The third-order valence-electron chi connectivity index (χ3n) is 3.22. The first-order valence-corrected chi connectivity index (χ1v) is 5.87. The molecule has 0 spiro atoms. The van der Waals surface area contributed by atoms with Crippen molar-refractivity contribution in [3.63, 3.8) is 0 Å². The van der Waals surface area contributed by atoms with Gasteiger partial charge in [-0.2, -0.15) is 8.78 Å². The van der Waals surface area contributed by atoms with Crippen LogP contribution in [0.4, 0.5) is 8.78 Å². The van der Waals surface area contributed by atoms with Crippen LogP contribution in [-0.4, -0.2) is 19.3 Å². The van der Waals surface area contributed by atoms with Crippen molar-refractivity contribution in [1.82, 2.24) is 0 Å². The second-order valence-electron chi connectivity index (χ2n) is 4.58. The average molecular weight is 241 g/mol. The first-order chi connectivity index (χ1) is 8.12. The molecule has 2 rings (SSSR count). The molecule has 1 aromatic rings. The average Bonchev–Trinajstić information content (AvgIpc) is 2.28. The standard InChI is InChI=1S/C13H17F2NO/c14-13(15,11-4-2-1-3-5-11)9-17-12-6-10(7-12)8-16/h1-5,10,12H,6-9,16H2. The molecule has 1 saturated carbocycles. The van der Waals surface area contributed by atoms with E-state index in [4.69, 9.17) is 10.5 Å². The number of rotatable bonds is 5. The minimum Gasteiger partial charge on any atom is -0.372 e. The van der Waals surface area contributed by atoms with Gasteiger partial charge in [-0.05, 0) is 25.3 Å². The number of hydrogen-bond donors (Lipinski definition) is 1. The molecule has 94 valence electrons. The van der Waals surface area contributed by atoms with Crippen molar-refractivity contribution in [2.24, 2.45) is 11.7 Å². The molecule has 1 aliphatic carbocycles. The van der Waals surface area contributed by atoms with E-state index in [1.54, 1.807) is 18.2 Å². The molecule has 17 heavy (non-hydrogen) atoms. The van der Waals surface area contributed by atoms with Crippen LogP contribution in [-0.2, 0) is 10.7 Å². The number of benzene rings is 1. The van der Waals surface area contributed by atoms with Crippen LogP contribution in [0.15, 0.2) is 30.3 Å². The molecule has 0 radical (unpaired) electrons. The van der Waals surface area contributed by atoms with E-state index in [1.165, 1.54) is 12.1 Å². The molecule has 0 aromatic heterocycles. The summed E-state index contributed by atoms with van der Waals surface area (Å²) in [6.45, 7) is 0.0773. The van der Waals surface area contributed by atoms with Gasteiger partial charge in [0, 0.05) is 5.56 Å². The summed E-state index contributed by atoms with van der Waals surface area (Å²) in [7, 11) is 0. The Morgan fingerprint density at radius 3 is 2.47 bits per heavy atom. The Morgan fingerprint density at radius 2 is 1.88 bits per heavy atom. The fourth-order valence-electron chi connectivity index (χ4n) is 1.99. The van der Waals surface area contributed by atoms with Crippen molar-refractivity contribution >= 4 is 0 Å². The van der Waals surface area contributed by atoms with Crippen LogP contribution < -0.4 is 5.73 Å². The summed E-state index contributed by atoms with van der Waals surface area (Å²) in [4.78, 5) is 0. The van der Waals surface area contributed by atoms with Crippen LogP contribution in [0.3, 0.4) is 0 Å². The molecule has 0 bridgehead atoms. The summed E-state index contributed by atoms with van der Waals surface area (Å²) in [5.74, 6) is -2.46. The highest BCUT2D eigenvalue weighted by molar-refractivity contribution is 5.19. The summed E-state index contributed by atoms with van der Waals surface area (Å²) in [5, 5.41) is 0. The zero-order valence-corrected chi connectivity index (χ0v) is 9.61. The fraction of sp³-hybridized carbons (Fsp3) is 0.538. The van der Waals surface area contributed by atoms with Gasteiger partial charge in [0.25, 0.3) is 5.92 Å². The van der Waals surface area contributed by atoms with Gasteiger partial charge in [0.15, 0.2) is 0 Å². The third kappa shape index (κ3) is 3.01. The second-order valence-corrected chi connectivity index (χ2v) is 4.58. The van der Waals surface area contributed by atoms with Crippen molar-refractivity contribution in [1.29, 1.82) is 0 Å². The van der Waals surface area contributed by atoms with E-state index in [1.807, 2.05) is 0 Å². The highest BCUT2D eigenvalue weighted by atomic mass is 19.3. The Balaban J connectivity index is 1.82. The predicted molar refractivity (Wildman–Crippen MR) is 61.9 cm³/mol. The maximum atomic E-state index is 13.7. The molecule has 2 nitrogen and oxygen atoms in total. The minimum atomic E-state index is -2.91. The van der Waals surface area contributed by atoms with E-state index in [9.17, 15) is 8.78 Å². The monoisotopic (exact) mass is 241 g/mol. The Hall–Kier alpha value is -1.00. The zero-order valence-electron chi connectivity index (χ0n) is 9.61. The maximum absolute atomic E-state index is 13.7. The zero-order chi connectivity index (χ0) is 12.3. The fourth-order valence-corrected chi connectivity index (χ4v) is 1.99. The minimum absolute atomic E-state index is 0.00898. The van der Waals surface area contributed by atoms with Crippen LogP contribution in [0.1, 0.15) is 18.4 Å². The molecule has 0 atom stereocenters. The van der Waals surface area contributed by atoms with Gasteiger partial charge in [0.1, 0.15) is 6.61 Å². The van der Waals surface area contributed by atoms with Crippen LogP contribution in [0.25, 0.3) is 0 Å². The highest BCUT2D eigenvalue weighted by Crippen LogP contribution is 2.33. The molecule has 0 saturated heterocycles. The molecule has 2 N–H and O–H groups in total. The molecule has 4 heteroatoms. The van der Waals surface area contributed by atoms with Gasteiger partial charge in [0.2, 0.25) is 0 Å². The molecular weight excluding hydrogens is 224 g/mol. The molecule has 1 aromatic carbocycles. The number of nitrogens with two attached hydrogens (primary N) is 1. The quantitative estimate of drug-likeness (QED) is 0.859. The molecule has 0 unspecified atom stereocenters. The number of halogens is 2. The molecule has 0 amide bonds. The Morgan fingerprint density at radius 1 is 1.24 bits per heavy atom. The lowest BCUT2D eigenvalue weighted by Gasteiger charge is -2.35. The summed E-state index contributed by atoms with van der Waals surface area (Å²) >= 11 is 0. The van der Waals surface area contributed by atoms with E-state index in [2.05, 4.69) is 0 Å². The Kier molecular flexibility index (Phi) is 3.74. The molecule has 0 heterocycles. The summed E-state index contributed by atoms with van der Waals surface area (Å²) < 4.78 is 32.6. The summed E-state index contributed by atoms with van der Waals surface area (Å²) in [6, 6.07) is 7.78. The highest BCUT2D eigenvalue weighted by Gasteiger charge is 2.36. The van der Waals surface area contributed by atoms with Gasteiger partial charge in [-0.25, -0.2) is 0 Å². The van der Waals surface area contributed by atoms with Crippen LogP contribution in [0, 0.1) is 5.92 Å². The van der Waals surface area contributed by atoms with Crippen molar-refractivity contribution in [2.45, 2.75) is 24.9 Å². The first-order valence-electron chi connectivity index (χ1n) is 5.87. The van der Waals surface area contributed by atoms with E-state index < -0.39 is 12.5 Å². The lowest BCUT2D eigenvalue weighted by atomic mass is 9.82. The molecular formula is C13H17F2NO. The van der Waals surface area contributed by atoms with Gasteiger partial charge >= 0.3 is 0 Å². The van der Waals surface area contributed by atoms with E-state index in [0.717, 1.165) is 12.8 Å². The van der Waals surface area contributed by atoms with Gasteiger partial charge < -0.3 is 10.5 Å². The number of alkyl halides is 2. The topological polar surface area (TPSA) is 35.2 Å². The SMILES string of the molecule is NCC1CC(OCC(F)(F)c2ccccc2)C1. The van der Waals surface area contributed by atoms with E-state index >= 15 is 0 Å². The summed E-state index contributed by atoms with van der Waals surface area (Å²) in [5.41, 5.74) is 5.47. The molecule has 1 aliphatic rings. The van der Waals surface area contributed by atoms with Gasteiger partial charge in [0.05, 0.1) is 6.10 Å². The van der Waals surface area contributed by atoms with Crippen molar-refractivity contribution in [3.8, 4) is 0 Å². The normalized spacial score (nSPS) is 24.4. The Bertz CT molecular complexity index is 350. The predicted octanol–water partition coefficient (Wildman–Crippen LogP) is 2.53. The van der Waals surface area contributed by atoms with Gasteiger partial charge in [-0.15, -0.1) is 0 Å². The van der Waals surface area contributed by atoms with Crippen molar-refractivity contribution < 1.29 is 13.5 Å². The third-order valence-corrected chi connectivity index (χ3v) is 3.22. The number of hydrogen-bond acceptors (Lipinski definition) is 2. The molecule has 1 fully saturated rings. The van der Waals surface area contributed by atoms with Crippen LogP contribution in [0.5, 0.6) is 0 Å². The smallest absolute Gasteiger partial charge is 0.296 e. The largest absolute Gasteiger partial charge is 0.372 e. The maximum Gasteiger partial charge on any atom is 0.296 e. The van der Waals surface area contributed by atoms with E-state index in [0.29, 0.717) is 12.5 Å². The first kappa shape index (κ1) is 12.5. The number of ether oxygens (including phenoxy) is 1. The van der Waals surface area contributed by atoms with Crippen molar-refractivity contribution in [2.75, 3.05) is 13.2 Å².